The first kappa shape index (κ1) is 16.1. The zero-order valence-corrected chi connectivity index (χ0v) is 13.5. The lowest BCUT2D eigenvalue weighted by atomic mass is 10.2. The molecule has 0 aliphatic carbocycles. The molecule has 0 aliphatic rings. The van der Waals surface area contributed by atoms with Crippen LogP contribution in [0.4, 0.5) is 0 Å². The van der Waals surface area contributed by atoms with E-state index in [-0.39, 0.29) is 0 Å². The van der Waals surface area contributed by atoms with Crippen LogP contribution in [0.5, 0.6) is 0 Å². The number of hydrogen-bond acceptors (Lipinski definition) is 3. The summed E-state index contributed by atoms with van der Waals surface area (Å²) in [7, 11) is 1.11. The summed E-state index contributed by atoms with van der Waals surface area (Å²) in [4.78, 5) is 2.35. The van der Waals surface area contributed by atoms with Gasteiger partial charge in [-0.1, -0.05) is 50.8 Å². The Balaban J connectivity index is 3.12. The van der Waals surface area contributed by atoms with E-state index in [1.54, 1.807) is 14.2 Å². The summed E-state index contributed by atoms with van der Waals surface area (Å²) in [5.74, 6) is 0. The lowest BCUT2D eigenvalue weighted by Crippen LogP contribution is -2.60. The Bertz CT molecular complexity index is 401. The molecule has 0 aromatic heterocycles. The molecular weight excluding hydrogens is 254 g/mol. The average Bonchev–Trinajstić information content (AvgIpc) is 2.49. The maximum absolute atomic E-state index is 5.85. The maximum atomic E-state index is 5.85. The fraction of sp³-hybridized carbons (Fsp3) is 0.467. The second-order valence-electron chi connectivity index (χ2n) is 4.45. The van der Waals surface area contributed by atoms with Gasteiger partial charge in [-0.25, -0.2) is 0 Å². The summed E-state index contributed by atoms with van der Waals surface area (Å²) in [5.41, 5.74) is 1.10. The summed E-state index contributed by atoms with van der Waals surface area (Å²) in [6.45, 7) is 10.1. The average molecular weight is 279 g/mol. The summed E-state index contributed by atoms with van der Waals surface area (Å²) in [6, 6.07) is 8.29. The summed E-state index contributed by atoms with van der Waals surface area (Å²) >= 11 is 0. The van der Waals surface area contributed by atoms with Crippen LogP contribution in [0.15, 0.2) is 30.8 Å². The molecule has 0 N–H and O–H groups in total. The van der Waals surface area contributed by atoms with Gasteiger partial charge in [-0.2, -0.15) is 0 Å². The van der Waals surface area contributed by atoms with Crippen LogP contribution in [0.2, 0.25) is 0 Å². The predicted octanol–water partition coefficient (Wildman–Crippen LogP) is 2.15. The van der Waals surface area contributed by atoms with Gasteiger partial charge in [-0.05, 0) is 23.8 Å². The normalized spacial score (nSPS) is 11.8. The quantitative estimate of drug-likeness (QED) is 0.681. The minimum absolute atomic E-state index is 0.841. The third-order valence-electron chi connectivity index (χ3n) is 3.55. The Morgan fingerprint density at radius 3 is 2.32 bits per heavy atom. The predicted molar refractivity (Wildman–Crippen MR) is 83.7 cm³/mol. The highest BCUT2D eigenvalue weighted by Crippen LogP contribution is 2.11. The van der Waals surface area contributed by atoms with E-state index < -0.39 is 8.56 Å². The zero-order chi connectivity index (χ0) is 14.3. The van der Waals surface area contributed by atoms with Crippen molar-refractivity contribution in [2.45, 2.75) is 13.8 Å². The molecule has 0 unspecified atom stereocenters. The zero-order valence-electron chi connectivity index (χ0n) is 12.5. The van der Waals surface area contributed by atoms with Crippen molar-refractivity contribution in [3.05, 3.63) is 36.4 Å². The molecule has 106 valence electrons. The third-order valence-corrected chi connectivity index (χ3v) is 6.92. The second kappa shape index (κ2) is 7.60. The highest BCUT2D eigenvalue weighted by molar-refractivity contribution is 6.81. The van der Waals surface area contributed by atoms with Gasteiger partial charge in [0.15, 0.2) is 0 Å². The van der Waals surface area contributed by atoms with E-state index in [0.29, 0.717) is 0 Å². The summed E-state index contributed by atoms with van der Waals surface area (Å²) in [6.07, 6.45) is 2.69. The summed E-state index contributed by atoms with van der Waals surface area (Å²) in [5, 5.41) is 1.15. The highest BCUT2D eigenvalue weighted by Gasteiger charge is 2.39. The van der Waals surface area contributed by atoms with Crippen molar-refractivity contribution in [2.75, 3.05) is 33.5 Å². The lowest BCUT2D eigenvalue weighted by Gasteiger charge is -2.32. The topological polar surface area (TPSA) is 21.7 Å². The largest absolute Gasteiger partial charge is 0.394 e. The van der Waals surface area contributed by atoms with Gasteiger partial charge in [-0.3, -0.25) is 0 Å². The molecule has 0 aliphatic heterocycles. The monoisotopic (exact) mass is 279 g/mol. The molecule has 4 heteroatoms. The molecule has 1 aromatic carbocycles. The van der Waals surface area contributed by atoms with Gasteiger partial charge in [-0.15, -0.1) is 0 Å². The van der Waals surface area contributed by atoms with Crippen LogP contribution in [0.1, 0.15) is 19.4 Å². The van der Waals surface area contributed by atoms with Crippen LogP contribution in [0, 0.1) is 0 Å². The minimum atomic E-state index is -2.39. The van der Waals surface area contributed by atoms with E-state index in [1.165, 1.54) is 0 Å². The van der Waals surface area contributed by atoms with Crippen LogP contribution >= 0.6 is 0 Å². The highest BCUT2D eigenvalue weighted by atomic mass is 28.4. The van der Waals surface area contributed by atoms with Crippen molar-refractivity contribution in [1.82, 2.24) is 4.90 Å². The Hall–Kier alpha value is -0.943. The first-order valence-corrected chi connectivity index (χ1v) is 8.73. The van der Waals surface area contributed by atoms with Crippen molar-refractivity contribution < 1.29 is 8.85 Å². The van der Waals surface area contributed by atoms with E-state index in [4.69, 9.17) is 8.85 Å². The van der Waals surface area contributed by atoms with Gasteiger partial charge in [0.05, 0.1) is 0 Å². The number of rotatable bonds is 8. The molecule has 0 bridgehead atoms. The van der Waals surface area contributed by atoms with Crippen LogP contribution in [-0.2, 0) is 8.85 Å². The molecule has 3 nitrogen and oxygen atoms in total. The van der Waals surface area contributed by atoms with Crippen molar-refractivity contribution in [3.8, 4) is 0 Å². The number of benzene rings is 1. The van der Waals surface area contributed by atoms with Crippen molar-refractivity contribution in [1.29, 1.82) is 0 Å². The van der Waals surface area contributed by atoms with Gasteiger partial charge in [0, 0.05) is 20.4 Å². The van der Waals surface area contributed by atoms with Crippen LogP contribution in [0.25, 0.3) is 6.08 Å². The first-order valence-electron chi connectivity index (χ1n) is 6.71. The molecule has 0 heterocycles. The van der Waals surface area contributed by atoms with Gasteiger partial charge >= 0.3 is 8.56 Å². The molecular formula is C15H25NO2Si. The SMILES string of the molecule is C=Cc1cccc([Si](CN(CC)CC)(OC)OC)c1. The molecule has 0 amide bonds. The number of hydrogen-bond donors (Lipinski definition) is 0. The molecule has 1 aromatic rings. The van der Waals surface area contributed by atoms with Crippen LogP contribution in [0.3, 0.4) is 0 Å². The molecule has 1 rings (SSSR count). The second-order valence-corrected chi connectivity index (χ2v) is 7.67. The smallest absolute Gasteiger partial charge is 0.386 e. The Morgan fingerprint density at radius 2 is 1.84 bits per heavy atom. The molecule has 0 radical (unpaired) electrons. The number of nitrogens with zero attached hydrogens (tertiary/aromatic N) is 1. The Kier molecular flexibility index (Phi) is 6.44. The first-order chi connectivity index (χ1) is 9.15. The van der Waals surface area contributed by atoms with Crippen molar-refractivity contribution in [2.24, 2.45) is 0 Å². The van der Waals surface area contributed by atoms with Crippen molar-refractivity contribution >= 4 is 19.8 Å². The minimum Gasteiger partial charge on any atom is -0.394 e. The van der Waals surface area contributed by atoms with E-state index in [0.717, 1.165) is 30.0 Å². The standard InChI is InChI=1S/C15H25NO2Si/c1-6-14-10-9-11-15(12-14)19(17-4,18-5)13-16(7-2)8-3/h6,9-12H,1,7-8,13H2,2-5H3. The van der Waals surface area contributed by atoms with Gasteiger partial charge < -0.3 is 13.8 Å². The molecule has 0 saturated heterocycles. The van der Waals surface area contributed by atoms with Gasteiger partial charge in [0.2, 0.25) is 0 Å². The third kappa shape index (κ3) is 3.76. The maximum Gasteiger partial charge on any atom is 0.386 e. The van der Waals surface area contributed by atoms with E-state index in [9.17, 15) is 0 Å². The summed E-state index contributed by atoms with van der Waals surface area (Å²) < 4.78 is 11.7. The Labute approximate surface area is 118 Å². The van der Waals surface area contributed by atoms with Gasteiger partial charge in [0.1, 0.15) is 0 Å². The van der Waals surface area contributed by atoms with E-state index >= 15 is 0 Å². The fourth-order valence-corrected chi connectivity index (χ4v) is 5.04. The Morgan fingerprint density at radius 1 is 1.21 bits per heavy atom. The van der Waals surface area contributed by atoms with E-state index in [2.05, 4.69) is 37.5 Å². The van der Waals surface area contributed by atoms with E-state index in [1.807, 2.05) is 18.2 Å². The molecule has 19 heavy (non-hydrogen) atoms. The van der Waals surface area contributed by atoms with Crippen molar-refractivity contribution in [3.63, 3.8) is 0 Å². The molecule has 0 atom stereocenters. The van der Waals surface area contributed by atoms with Gasteiger partial charge in [0.25, 0.3) is 0 Å². The molecule has 0 saturated carbocycles. The molecule has 0 spiro atoms. The van der Waals surface area contributed by atoms with Crippen LogP contribution in [-0.4, -0.2) is 46.9 Å². The van der Waals surface area contributed by atoms with Crippen LogP contribution < -0.4 is 5.19 Å². The fourth-order valence-electron chi connectivity index (χ4n) is 2.18. The lowest BCUT2D eigenvalue weighted by molar-refractivity contribution is 0.222. The molecule has 0 fully saturated rings.